The molecule has 0 bridgehead atoms. The predicted molar refractivity (Wildman–Crippen MR) is 82.4 cm³/mol. The third-order valence-corrected chi connectivity index (χ3v) is 2.97. The van der Waals surface area contributed by atoms with Crippen molar-refractivity contribution in [3.63, 3.8) is 0 Å². The van der Waals surface area contributed by atoms with E-state index in [0.29, 0.717) is 32.0 Å². The molecule has 3 N–H and O–H groups in total. The highest BCUT2D eigenvalue weighted by atomic mass is 16.5. The molecule has 0 saturated carbocycles. The van der Waals surface area contributed by atoms with Gasteiger partial charge in [-0.25, -0.2) is 4.79 Å². The summed E-state index contributed by atoms with van der Waals surface area (Å²) in [6, 6.07) is -0.173. The van der Waals surface area contributed by atoms with Gasteiger partial charge in [-0.05, 0) is 25.2 Å². The average Bonchev–Trinajstić information content (AvgIpc) is 2.41. The van der Waals surface area contributed by atoms with Gasteiger partial charge in [0, 0.05) is 26.1 Å². The van der Waals surface area contributed by atoms with Crippen molar-refractivity contribution in [1.29, 1.82) is 0 Å². The molecule has 0 aromatic heterocycles. The summed E-state index contributed by atoms with van der Waals surface area (Å²) in [7, 11) is 0. The maximum absolute atomic E-state index is 11.4. The summed E-state index contributed by atoms with van der Waals surface area (Å²) < 4.78 is 5.39. The van der Waals surface area contributed by atoms with Crippen LogP contribution in [0, 0.1) is 5.92 Å². The lowest BCUT2D eigenvalue weighted by Crippen LogP contribution is -2.37. The molecule has 0 aromatic carbocycles. The summed E-state index contributed by atoms with van der Waals surface area (Å²) in [4.78, 5) is 21.7. The van der Waals surface area contributed by atoms with E-state index < -0.39 is 5.97 Å². The van der Waals surface area contributed by atoms with E-state index in [0.717, 1.165) is 32.3 Å². The van der Waals surface area contributed by atoms with E-state index in [2.05, 4.69) is 24.5 Å². The number of carboxylic acids is 1. The molecule has 0 saturated heterocycles. The highest BCUT2D eigenvalue weighted by Crippen LogP contribution is 2.02. The number of carbonyl (C=O) groups excluding carboxylic acids is 1. The topological polar surface area (TPSA) is 87.7 Å². The summed E-state index contributed by atoms with van der Waals surface area (Å²) in [5.74, 6) is -0.111. The molecule has 0 unspecified atom stereocenters. The quantitative estimate of drug-likeness (QED) is 0.456. The van der Waals surface area contributed by atoms with Crippen LogP contribution >= 0.6 is 0 Å². The number of nitrogens with one attached hydrogen (secondary N) is 2. The summed E-state index contributed by atoms with van der Waals surface area (Å²) >= 11 is 0. The van der Waals surface area contributed by atoms with Crippen molar-refractivity contribution in [3.05, 3.63) is 0 Å². The Morgan fingerprint density at radius 2 is 1.67 bits per heavy atom. The molecule has 0 aliphatic carbocycles. The Morgan fingerprint density at radius 1 is 1.00 bits per heavy atom. The Hall–Kier alpha value is -1.30. The highest BCUT2D eigenvalue weighted by Gasteiger charge is 2.00. The second-order valence-electron chi connectivity index (χ2n) is 5.54. The first-order valence-electron chi connectivity index (χ1n) is 7.83. The van der Waals surface area contributed by atoms with Gasteiger partial charge in [-0.1, -0.05) is 26.7 Å². The molecule has 6 nitrogen and oxygen atoms in total. The maximum atomic E-state index is 11.4. The number of rotatable bonds is 13. The minimum Gasteiger partial charge on any atom is -0.481 e. The average molecular weight is 302 g/mol. The molecule has 0 atom stereocenters. The predicted octanol–water partition coefficient (Wildman–Crippen LogP) is 2.38. The lowest BCUT2D eigenvalue weighted by molar-refractivity contribution is -0.137. The molecule has 0 radical (unpaired) electrons. The van der Waals surface area contributed by atoms with Crippen LogP contribution < -0.4 is 10.6 Å². The zero-order chi connectivity index (χ0) is 15.9. The van der Waals surface area contributed by atoms with Crippen LogP contribution in [0.2, 0.25) is 0 Å². The van der Waals surface area contributed by atoms with Crippen molar-refractivity contribution in [3.8, 4) is 0 Å². The van der Waals surface area contributed by atoms with E-state index in [1.54, 1.807) is 0 Å². The van der Waals surface area contributed by atoms with E-state index in [4.69, 9.17) is 9.84 Å². The molecular formula is C15H30N2O4. The molecule has 6 heteroatoms. The highest BCUT2D eigenvalue weighted by molar-refractivity contribution is 5.73. The Bertz CT molecular complexity index is 283. The van der Waals surface area contributed by atoms with E-state index in [9.17, 15) is 9.59 Å². The summed E-state index contributed by atoms with van der Waals surface area (Å²) in [5, 5.41) is 14.0. The fourth-order valence-electron chi connectivity index (χ4n) is 1.68. The number of ether oxygens (including phenoxy) is 1. The smallest absolute Gasteiger partial charge is 0.314 e. The van der Waals surface area contributed by atoms with Gasteiger partial charge in [0.05, 0.1) is 6.61 Å². The zero-order valence-electron chi connectivity index (χ0n) is 13.3. The van der Waals surface area contributed by atoms with E-state index in [-0.39, 0.29) is 12.5 Å². The summed E-state index contributed by atoms with van der Waals surface area (Å²) in [5.41, 5.74) is 0. The lowest BCUT2D eigenvalue weighted by atomic mass is 10.1. The van der Waals surface area contributed by atoms with Crippen LogP contribution in [0.4, 0.5) is 4.79 Å². The van der Waals surface area contributed by atoms with Crippen LogP contribution in [-0.2, 0) is 9.53 Å². The van der Waals surface area contributed by atoms with Gasteiger partial charge >= 0.3 is 12.0 Å². The van der Waals surface area contributed by atoms with Crippen molar-refractivity contribution in [1.82, 2.24) is 10.6 Å². The molecule has 0 aromatic rings. The van der Waals surface area contributed by atoms with Gasteiger partial charge in [-0.3, -0.25) is 4.79 Å². The van der Waals surface area contributed by atoms with Crippen LogP contribution in [0.3, 0.4) is 0 Å². The van der Waals surface area contributed by atoms with E-state index in [1.807, 2.05) is 0 Å². The first-order chi connectivity index (χ1) is 10.0. The molecule has 0 aliphatic rings. The lowest BCUT2D eigenvalue weighted by Gasteiger charge is -2.09. The van der Waals surface area contributed by atoms with Gasteiger partial charge in [0.2, 0.25) is 0 Å². The molecular weight excluding hydrogens is 272 g/mol. The Morgan fingerprint density at radius 3 is 2.33 bits per heavy atom. The monoisotopic (exact) mass is 302 g/mol. The zero-order valence-corrected chi connectivity index (χ0v) is 13.3. The molecule has 124 valence electrons. The summed E-state index contributed by atoms with van der Waals surface area (Å²) in [6.45, 7) is 6.70. The van der Waals surface area contributed by atoms with Crippen molar-refractivity contribution in [2.75, 3.05) is 26.3 Å². The number of amides is 2. The van der Waals surface area contributed by atoms with Gasteiger partial charge in [-0.15, -0.1) is 0 Å². The number of aliphatic carboxylic acids is 1. The van der Waals surface area contributed by atoms with Crippen LogP contribution in [0.5, 0.6) is 0 Å². The Balaban J connectivity index is 3.22. The van der Waals surface area contributed by atoms with Gasteiger partial charge in [0.1, 0.15) is 0 Å². The molecule has 0 fully saturated rings. The number of carboxylic acid groups (broad SMARTS) is 1. The first-order valence-corrected chi connectivity index (χ1v) is 7.83. The van der Waals surface area contributed by atoms with Crippen LogP contribution in [0.1, 0.15) is 52.4 Å². The van der Waals surface area contributed by atoms with Crippen molar-refractivity contribution in [2.24, 2.45) is 5.92 Å². The number of hydrogen-bond donors (Lipinski definition) is 3. The summed E-state index contributed by atoms with van der Waals surface area (Å²) in [6.07, 6.45) is 4.66. The fourth-order valence-corrected chi connectivity index (χ4v) is 1.68. The Labute approximate surface area is 127 Å². The van der Waals surface area contributed by atoms with Crippen molar-refractivity contribution >= 4 is 12.0 Å². The minimum atomic E-state index is -0.747. The second kappa shape index (κ2) is 13.7. The molecule has 0 aliphatic heterocycles. The van der Waals surface area contributed by atoms with E-state index in [1.165, 1.54) is 0 Å². The van der Waals surface area contributed by atoms with E-state index >= 15 is 0 Å². The number of carbonyl (C=O) groups is 2. The van der Waals surface area contributed by atoms with Crippen LogP contribution in [0.15, 0.2) is 0 Å². The van der Waals surface area contributed by atoms with Gasteiger partial charge < -0.3 is 20.5 Å². The molecule has 0 spiro atoms. The Kier molecular flexibility index (Phi) is 12.8. The number of hydrogen-bond acceptors (Lipinski definition) is 3. The maximum Gasteiger partial charge on any atom is 0.314 e. The largest absolute Gasteiger partial charge is 0.481 e. The fraction of sp³-hybridized carbons (Fsp3) is 0.867. The van der Waals surface area contributed by atoms with Crippen LogP contribution in [0.25, 0.3) is 0 Å². The number of unbranched alkanes of at least 4 members (excludes halogenated alkanes) is 3. The van der Waals surface area contributed by atoms with Crippen molar-refractivity contribution in [2.45, 2.75) is 52.4 Å². The van der Waals surface area contributed by atoms with Gasteiger partial charge in [0.25, 0.3) is 0 Å². The molecule has 21 heavy (non-hydrogen) atoms. The normalized spacial score (nSPS) is 10.6. The molecule has 2 amide bonds. The SMILES string of the molecule is CC(C)CCOCCNC(=O)NCCCCCCC(=O)O. The minimum absolute atomic E-state index is 0.173. The van der Waals surface area contributed by atoms with Gasteiger partial charge in [0.15, 0.2) is 0 Å². The van der Waals surface area contributed by atoms with Crippen molar-refractivity contribution < 1.29 is 19.4 Å². The molecule has 0 rings (SSSR count). The third kappa shape index (κ3) is 16.6. The second-order valence-corrected chi connectivity index (χ2v) is 5.54. The number of urea groups is 1. The standard InChI is InChI=1S/C15H30N2O4/c1-13(2)8-11-21-12-10-17-15(20)16-9-6-4-3-5-7-14(18)19/h13H,3-12H2,1-2H3,(H,18,19)(H2,16,17,20). The van der Waals surface area contributed by atoms with Gasteiger partial charge in [-0.2, -0.15) is 0 Å². The van der Waals surface area contributed by atoms with Crippen LogP contribution in [-0.4, -0.2) is 43.4 Å². The first kappa shape index (κ1) is 19.7. The molecule has 0 heterocycles. The third-order valence-electron chi connectivity index (χ3n) is 2.97.